The van der Waals surface area contributed by atoms with Crippen LogP contribution in [0, 0.1) is 0 Å². The molecule has 0 unspecified atom stereocenters. The first kappa shape index (κ1) is 17.3. The first-order chi connectivity index (χ1) is 9.81. The van der Waals surface area contributed by atoms with Gasteiger partial charge in [0.05, 0.1) is 16.8 Å². The monoisotopic (exact) mass is 304 g/mol. The molecule has 4 N–H and O–H groups in total. The molecular weight excluding hydrogens is 285 g/mol. The minimum atomic E-state index is -4.58. The molecule has 1 aromatic carbocycles. The van der Waals surface area contributed by atoms with Crippen molar-refractivity contribution in [1.29, 1.82) is 0 Å². The van der Waals surface area contributed by atoms with Gasteiger partial charge < -0.3 is 15.6 Å². The minimum absolute atomic E-state index is 0.133. The number of alkyl halides is 3. The average molecular weight is 304 g/mol. The molecule has 0 aromatic heterocycles. The number of carbonyl (C=O) groups is 1. The number of nitrogens with zero attached hydrogens (tertiary/aromatic N) is 1. The van der Waals surface area contributed by atoms with Gasteiger partial charge in [-0.25, -0.2) is 0 Å². The van der Waals surface area contributed by atoms with E-state index in [1.54, 1.807) is 0 Å². The summed E-state index contributed by atoms with van der Waals surface area (Å²) in [7, 11) is 1.88. The number of anilines is 1. The van der Waals surface area contributed by atoms with Crippen molar-refractivity contribution >= 4 is 11.6 Å². The molecule has 1 aromatic rings. The van der Waals surface area contributed by atoms with Gasteiger partial charge in [0.25, 0.3) is 5.91 Å². The van der Waals surface area contributed by atoms with Crippen molar-refractivity contribution in [2.24, 2.45) is 5.84 Å². The second-order valence-electron chi connectivity index (χ2n) is 4.52. The van der Waals surface area contributed by atoms with Gasteiger partial charge in [-0.3, -0.25) is 10.6 Å². The number of nitrogens with two attached hydrogens (primary N) is 1. The lowest BCUT2D eigenvalue weighted by Gasteiger charge is -2.17. The highest BCUT2D eigenvalue weighted by atomic mass is 19.4. The Morgan fingerprint density at radius 1 is 1.38 bits per heavy atom. The van der Waals surface area contributed by atoms with Gasteiger partial charge in [0.15, 0.2) is 0 Å². The van der Waals surface area contributed by atoms with E-state index < -0.39 is 23.3 Å². The average Bonchev–Trinajstić information content (AvgIpc) is 2.44. The first-order valence-corrected chi connectivity index (χ1v) is 6.44. The number of hydrogen-bond donors (Lipinski definition) is 3. The van der Waals surface area contributed by atoms with Crippen molar-refractivity contribution < 1.29 is 18.0 Å². The molecule has 0 aliphatic carbocycles. The smallest absolute Gasteiger partial charge is 0.351 e. The van der Waals surface area contributed by atoms with Crippen LogP contribution >= 0.6 is 0 Å². The SMILES string of the molecule is CCN(C)CCNC(=O)c1cccc(C(F)(F)F)c1NN. The number of hydrogen-bond acceptors (Lipinski definition) is 4. The fourth-order valence-corrected chi connectivity index (χ4v) is 1.75. The molecule has 0 saturated carbocycles. The van der Waals surface area contributed by atoms with Gasteiger partial charge in [0.1, 0.15) is 0 Å². The maximum atomic E-state index is 12.8. The quantitative estimate of drug-likeness (QED) is 0.552. The number of para-hydroxylation sites is 1. The van der Waals surface area contributed by atoms with Crippen LogP contribution in [0.4, 0.5) is 18.9 Å². The van der Waals surface area contributed by atoms with Gasteiger partial charge in [-0.1, -0.05) is 13.0 Å². The molecule has 0 aliphatic rings. The molecule has 1 rings (SSSR count). The van der Waals surface area contributed by atoms with Crippen molar-refractivity contribution in [3.63, 3.8) is 0 Å². The van der Waals surface area contributed by atoms with Crippen LogP contribution in [-0.2, 0) is 6.18 Å². The molecule has 1 amide bonds. The predicted octanol–water partition coefficient (Wildman–Crippen LogP) is 1.67. The third-order valence-electron chi connectivity index (χ3n) is 3.08. The summed E-state index contributed by atoms with van der Waals surface area (Å²) in [4.78, 5) is 13.9. The van der Waals surface area contributed by atoms with Crippen LogP contribution in [0.5, 0.6) is 0 Å². The molecule has 0 saturated heterocycles. The van der Waals surface area contributed by atoms with Crippen LogP contribution in [0.2, 0.25) is 0 Å². The van der Waals surface area contributed by atoms with Crippen LogP contribution < -0.4 is 16.6 Å². The highest BCUT2D eigenvalue weighted by Gasteiger charge is 2.35. The molecule has 0 aliphatic heterocycles. The Hall–Kier alpha value is -1.80. The summed E-state index contributed by atoms with van der Waals surface area (Å²) >= 11 is 0. The Morgan fingerprint density at radius 2 is 2.05 bits per heavy atom. The fourth-order valence-electron chi connectivity index (χ4n) is 1.75. The number of amides is 1. The number of nitrogens with one attached hydrogen (secondary N) is 2. The zero-order valence-corrected chi connectivity index (χ0v) is 11.9. The lowest BCUT2D eigenvalue weighted by molar-refractivity contribution is -0.137. The van der Waals surface area contributed by atoms with E-state index in [0.29, 0.717) is 13.1 Å². The molecule has 21 heavy (non-hydrogen) atoms. The largest absolute Gasteiger partial charge is 0.418 e. The topological polar surface area (TPSA) is 70.4 Å². The number of carbonyl (C=O) groups excluding carboxylic acids is 1. The van der Waals surface area contributed by atoms with E-state index in [1.165, 1.54) is 12.1 Å². The summed E-state index contributed by atoms with van der Waals surface area (Å²) < 4.78 is 38.5. The number of halogens is 3. The van der Waals surface area contributed by atoms with Crippen LogP contribution in [0.25, 0.3) is 0 Å². The van der Waals surface area contributed by atoms with Gasteiger partial charge in [-0.2, -0.15) is 13.2 Å². The van der Waals surface area contributed by atoms with E-state index in [0.717, 1.165) is 12.6 Å². The molecule has 0 spiro atoms. The van der Waals surface area contributed by atoms with Gasteiger partial charge in [-0.05, 0) is 25.7 Å². The van der Waals surface area contributed by atoms with E-state index in [1.807, 2.05) is 24.3 Å². The van der Waals surface area contributed by atoms with Crippen molar-refractivity contribution in [3.8, 4) is 0 Å². The highest BCUT2D eigenvalue weighted by molar-refractivity contribution is 6.00. The fraction of sp³-hybridized carbons (Fsp3) is 0.462. The molecule has 8 heteroatoms. The zero-order chi connectivity index (χ0) is 16.0. The summed E-state index contributed by atoms with van der Waals surface area (Å²) in [5, 5.41) is 2.57. The number of hydrazine groups is 1. The van der Waals surface area contributed by atoms with Crippen molar-refractivity contribution in [2.45, 2.75) is 13.1 Å². The Labute approximate surface area is 121 Å². The number of likely N-dealkylation sites (N-methyl/N-ethyl adjacent to an activating group) is 1. The third-order valence-corrected chi connectivity index (χ3v) is 3.08. The summed E-state index contributed by atoms with van der Waals surface area (Å²) in [5.41, 5.74) is 0.444. The normalized spacial score (nSPS) is 11.6. The first-order valence-electron chi connectivity index (χ1n) is 6.44. The van der Waals surface area contributed by atoms with Gasteiger partial charge in [0.2, 0.25) is 0 Å². The number of benzene rings is 1. The lowest BCUT2D eigenvalue weighted by atomic mass is 10.1. The second-order valence-corrected chi connectivity index (χ2v) is 4.52. The van der Waals surface area contributed by atoms with E-state index in [9.17, 15) is 18.0 Å². The second kappa shape index (κ2) is 7.28. The molecule has 0 fully saturated rings. The predicted molar refractivity (Wildman–Crippen MR) is 74.8 cm³/mol. The Bertz CT molecular complexity index is 491. The Kier molecular flexibility index (Phi) is 5.98. The molecule has 0 heterocycles. The molecule has 5 nitrogen and oxygen atoms in total. The zero-order valence-electron chi connectivity index (χ0n) is 11.9. The molecule has 0 radical (unpaired) electrons. The molecule has 118 valence electrons. The van der Waals surface area contributed by atoms with Crippen molar-refractivity contribution in [3.05, 3.63) is 29.3 Å². The lowest BCUT2D eigenvalue weighted by Crippen LogP contribution is -2.33. The maximum Gasteiger partial charge on any atom is 0.418 e. The molecular formula is C13H19F3N4O. The Balaban J connectivity index is 2.90. The summed E-state index contributed by atoms with van der Waals surface area (Å²) in [5.74, 6) is 4.55. The van der Waals surface area contributed by atoms with E-state index in [-0.39, 0.29) is 5.56 Å². The number of rotatable bonds is 6. The van der Waals surface area contributed by atoms with Crippen molar-refractivity contribution in [1.82, 2.24) is 10.2 Å². The maximum absolute atomic E-state index is 12.8. The van der Waals surface area contributed by atoms with Crippen LogP contribution in [0.3, 0.4) is 0 Å². The van der Waals surface area contributed by atoms with Gasteiger partial charge in [0, 0.05) is 13.1 Å². The van der Waals surface area contributed by atoms with Crippen molar-refractivity contribution in [2.75, 3.05) is 32.1 Å². The summed E-state index contributed by atoms with van der Waals surface area (Å²) in [6, 6.07) is 3.34. The van der Waals surface area contributed by atoms with Crippen LogP contribution in [0.1, 0.15) is 22.8 Å². The Morgan fingerprint density at radius 3 is 2.57 bits per heavy atom. The standard InChI is InChI=1S/C13H19F3N4O/c1-3-20(2)8-7-18-12(21)9-5-4-6-10(11(9)19-17)13(14,15)16/h4-6,19H,3,7-8,17H2,1-2H3,(H,18,21). The highest BCUT2D eigenvalue weighted by Crippen LogP contribution is 2.36. The number of nitrogen functional groups attached to an aromatic ring is 1. The molecule has 0 atom stereocenters. The van der Waals surface area contributed by atoms with E-state index >= 15 is 0 Å². The van der Waals surface area contributed by atoms with Gasteiger partial charge in [-0.15, -0.1) is 0 Å². The van der Waals surface area contributed by atoms with Crippen LogP contribution in [0.15, 0.2) is 18.2 Å². The van der Waals surface area contributed by atoms with Crippen LogP contribution in [-0.4, -0.2) is 37.5 Å². The minimum Gasteiger partial charge on any atom is -0.351 e. The third kappa shape index (κ3) is 4.61. The van der Waals surface area contributed by atoms with E-state index in [2.05, 4.69) is 5.32 Å². The van der Waals surface area contributed by atoms with E-state index in [4.69, 9.17) is 5.84 Å². The van der Waals surface area contributed by atoms with Gasteiger partial charge >= 0.3 is 6.18 Å². The summed E-state index contributed by atoms with van der Waals surface area (Å²) in [6.07, 6.45) is -4.58. The summed E-state index contributed by atoms with van der Waals surface area (Å²) in [6.45, 7) is 3.72. The molecule has 0 bridgehead atoms.